The van der Waals surface area contributed by atoms with Crippen LogP contribution in [-0.4, -0.2) is 9.97 Å². The van der Waals surface area contributed by atoms with Crippen molar-refractivity contribution >= 4 is 22.6 Å². The molecule has 0 unspecified atom stereocenters. The number of hydrogen-bond donors (Lipinski definition) is 1. The third kappa shape index (κ3) is 1.89. The van der Waals surface area contributed by atoms with Crippen molar-refractivity contribution in [2.24, 2.45) is 0 Å². The van der Waals surface area contributed by atoms with Crippen LogP contribution in [0.25, 0.3) is 22.2 Å². The van der Waals surface area contributed by atoms with E-state index in [9.17, 15) is 4.79 Å². The van der Waals surface area contributed by atoms with E-state index in [1.807, 2.05) is 42.5 Å². The normalized spacial score (nSPS) is 10.7. The number of aromatic amines is 1. The third-order valence-electron chi connectivity index (χ3n) is 2.76. The van der Waals surface area contributed by atoms with Crippen LogP contribution in [0.1, 0.15) is 0 Å². The van der Waals surface area contributed by atoms with Gasteiger partial charge in [-0.25, -0.2) is 4.98 Å². The molecular formula is C14H9ClN2O. The topological polar surface area (TPSA) is 45.8 Å². The summed E-state index contributed by atoms with van der Waals surface area (Å²) in [5.74, 6) is 0. The first-order valence-electron chi connectivity index (χ1n) is 5.48. The lowest BCUT2D eigenvalue weighted by molar-refractivity contribution is 1.22. The number of aromatic nitrogens is 2. The van der Waals surface area contributed by atoms with Crippen LogP contribution in [-0.2, 0) is 0 Å². The lowest BCUT2D eigenvalue weighted by Gasteiger charge is -2.05. The van der Waals surface area contributed by atoms with Crippen molar-refractivity contribution in [2.75, 3.05) is 0 Å². The fraction of sp³-hybridized carbons (Fsp3) is 0. The van der Waals surface area contributed by atoms with Gasteiger partial charge in [0.1, 0.15) is 0 Å². The van der Waals surface area contributed by atoms with Gasteiger partial charge in [0.15, 0.2) is 0 Å². The zero-order valence-corrected chi connectivity index (χ0v) is 10.1. The zero-order valence-electron chi connectivity index (χ0n) is 9.35. The van der Waals surface area contributed by atoms with E-state index in [4.69, 9.17) is 11.6 Å². The van der Waals surface area contributed by atoms with E-state index in [1.54, 1.807) is 0 Å². The third-order valence-corrected chi connectivity index (χ3v) is 3.09. The number of fused-ring (bicyclic) bond motifs is 1. The molecule has 0 saturated heterocycles. The lowest BCUT2D eigenvalue weighted by atomic mass is 10.1. The molecule has 3 rings (SSSR count). The van der Waals surface area contributed by atoms with Gasteiger partial charge < -0.3 is 4.98 Å². The maximum atomic E-state index is 11.3. The van der Waals surface area contributed by atoms with Gasteiger partial charge in [-0.3, -0.25) is 4.79 Å². The summed E-state index contributed by atoms with van der Waals surface area (Å²) in [5, 5.41) is 0.683. The molecule has 0 bridgehead atoms. The highest BCUT2D eigenvalue weighted by Crippen LogP contribution is 2.28. The summed E-state index contributed by atoms with van der Waals surface area (Å²) >= 11 is 6.15. The molecule has 0 amide bonds. The summed E-state index contributed by atoms with van der Waals surface area (Å²) in [5.41, 5.74) is 3.15. The number of halogens is 1. The van der Waals surface area contributed by atoms with Crippen LogP contribution in [0.15, 0.2) is 53.5 Å². The highest BCUT2D eigenvalue weighted by atomic mass is 35.5. The van der Waals surface area contributed by atoms with Crippen molar-refractivity contribution in [3.8, 4) is 11.1 Å². The van der Waals surface area contributed by atoms with Gasteiger partial charge in [0.25, 0.3) is 5.56 Å². The van der Waals surface area contributed by atoms with Gasteiger partial charge in [-0.1, -0.05) is 35.9 Å². The summed E-state index contributed by atoms with van der Waals surface area (Å²) in [4.78, 5) is 18.1. The molecule has 0 spiro atoms. The molecule has 4 heteroatoms. The molecule has 1 aromatic heterocycles. The Balaban J connectivity index is 2.25. The van der Waals surface area contributed by atoms with E-state index in [0.717, 1.165) is 16.6 Å². The summed E-state index contributed by atoms with van der Waals surface area (Å²) < 4.78 is 0. The van der Waals surface area contributed by atoms with Gasteiger partial charge in [0.05, 0.1) is 17.2 Å². The van der Waals surface area contributed by atoms with E-state index in [2.05, 4.69) is 9.97 Å². The average Bonchev–Trinajstić information content (AvgIpc) is 2.38. The number of H-pyrrole nitrogens is 1. The molecule has 18 heavy (non-hydrogen) atoms. The first kappa shape index (κ1) is 11.0. The Morgan fingerprint density at radius 3 is 2.78 bits per heavy atom. The number of nitrogens with one attached hydrogen (secondary N) is 1. The van der Waals surface area contributed by atoms with Crippen molar-refractivity contribution in [2.45, 2.75) is 0 Å². The predicted molar refractivity (Wildman–Crippen MR) is 72.8 cm³/mol. The summed E-state index contributed by atoms with van der Waals surface area (Å²) in [6.45, 7) is 0. The van der Waals surface area contributed by atoms with E-state index < -0.39 is 0 Å². The van der Waals surface area contributed by atoms with Crippen molar-refractivity contribution in [1.29, 1.82) is 0 Å². The highest BCUT2D eigenvalue weighted by Gasteiger charge is 2.04. The molecule has 0 atom stereocenters. The monoisotopic (exact) mass is 256 g/mol. The van der Waals surface area contributed by atoms with Crippen LogP contribution in [0.2, 0.25) is 5.02 Å². The molecule has 0 fully saturated rings. The Bertz CT molecular complexity index is 780. The minimum absolute atomic E-state index is 0.209. The largest absolute Gasteiger partial charge is 0.319 e. The minimum Gasteiger partial charge on any atom is -0.319 e. The fourth-order valence-corrected chi connectivity index (χ4v) is 2.15. The standard InChI is InChI=1S/C14H9ClN2O/c15-11-4-2-1-3-10(11)9-5-6-12-13(7-9)17-14(18)8-16-12/h1-8H,(H,17,18). The quantitative estimate of drug-likeness (QED) is 0.726. The first-order chi connectivity index (χ1) is 8.74. The van der Waals surface area contributed by atoms with Gasteiger partial charge in [-0.15, -0.1) is 0 Å². The second-order valence-corrected chi connectivity index (χ2v) is 4.37. The van der Waals surface area contributed by atoms with Crippen LogP contribution in [0.3, 0.4) is 0 Å². The van der Waals surface area contributed by atoms with Gasteiger partial charge in [-0.05, 0) is 23.8 Å². The first-order valence-corrected chi connectivity index (χ1v) is 5.86. The molecule has 0 aliphatic heterocycles. The lowest BCUT2D eigenvalue weighted by Crippen LogP contribution is -2.04. The van der Waals surface area contributed by atoms with Crippen LogP contribution in [0, 0.1) is 0 Å². The number of hydrogen-bond acceptors (Lipinski definition) is 2. The van der Waals surface area contributed by atoms with Gasteiger partial charge >= 0.3 is 0 Å². The van der Waals surface area contributed by atoms with Gasteiger partial charge in [0.2, 0.25) is 0 Å². The fourth-order valence-electron chi connectivity index (χ4n) is 1.90. The molecule has 0 aliphatic rings. The van der Waals surface area contributed by atoms with Crippen molar-refractivity contribution in [3.63, 3.8) is 0 Å². The molecule has 0 saturated carbocycles. The molecule has 2 aromatic carbocycles. The Morgan fingerprint density at radius 1 is 1.11 bits per heavy atom. The second kappa shape index (κ2) is 4.27. The predicted octanol–water partition coefficient (Wildman–Crippen LogP) is 3.24. The summed E-state index contributed by atoms with van der Waals surface area (Å²) in [7, 11) is 0. The molecule has 3 nitrogen and oxygen atoms in total. The van der Waals surface area contributed by atoms with E-state index in [-0.39, 0.29) is 5.56 Å². The molecule has 88 valence electrons. The number of nitrogens with zero attached hydrogens (tertiary/aromatic N) is 1. The van der Waals surface area contributed by atoms with Crippen molar-refractivity contribution in [3.05, 3.63) is 64.0 Å². The Kier molecular flexibility index (Phi) is 2.61. The van der Waals surface area contributed by atoms with Crippen LogP contribution in [0.5, 0.6) is 0 Å². The van der Waals surface area contributed by atoms with Crippen LogP contribution < -0.4 is 5.56 Å². The van der Waals surface area contributed by atoms with E-state index in [1.165, 1.54) is 6.20 Å². The molecule has 0 radical (unpaired) electrons. The Hall–Kier alpha value is -2.13. The van der Waals surface area contributed by atoms with Gasteiger partial charge in [-0.2, -0.15) is 0 Å². The minimum atomic E-state index is -0.209. The second-order valence-electron chi connectivity index (χ2n) is 3.96. The van der Waals surface area contributed by atoms with Crippen LogP contribution in [0.4, 0.5) is 0 Å². The number of benzene rings is 2. The SMILES string of the molecule is O=c1cnc2ccc(-c3ccccc3Cl)cc2[nH]1. The molecule has 1 heterocycles. The molecule has 1 N–H and O–H groups in total. The van der Waals surface area contributed by atoms with Crippen LogP contribution >= 0.6 is 11.6 Å². The maximum Gasteiger partial charge on any atom is 0.266 e. The van der Waals surface area contributed by atoms with Gasteiger partial charge in [0, 0.05) is 10.6 Å². The summed E-state index contributed by atoms with van der Waals surface area (Å²) in [6.07, 6.45) is 1.28. The molecule has 0 aliphatic carbocycles. The number of rotatable bonds is 1. The smallest absolute Gasteiger partial charge is 0.266 e. The zero-order chi connectivity index (χ0) is 12.5. The Morgan fingerprint density at radius 2 is 1.94 bits per heavy atom. The average molecular weight is 257 g/mol. The highest BCUT2D eigenvalue weighted by molar-refractivity contribution is 6.33. The maximum absolute atomic E-state index is 11.3. The van der Waals surface area contributed by atoms with E-state index in [0.29, 0.717) is 10.5 Å². The molecule has 3 aromatic rings. The van der Waals surface area contributed by atoms with Crippen molar-refractivity contribution in [1.82, 2.24) is 9.97 Å². The Labute approximate surface area is 108 Å². The van der Waals surface area contributed by atoms with Crippen molar-refractivity contribution < 1.29 is 0 Å². The molecular weight excluding hydrogens is 248 g/mol. The van der Waals surface area contributed by atoms with E-state index >= 15 is 0 Å². The summed E-state index contributed by atoms with van der Waals surface area (Å²) in [6, 6.07) is 13.3.